The Hall–Kier alpha value is -1.40. The standard InChI is InChI=1S/C12H19N3O3/c1-17-11-8-18-5-4-10(11)15-12(16)3-2-9-6-13-14-7-9/h6-7,10-11H,2-5,8H2,1H3,(H,13,14)(H,15,16)/t10-,11-/m1/s1. The van der Waals surface area contributed by atoms with Crippen LogP contribution in [0, 0.1) is 0 Å². The first-order valence-corrected chi connectivity index (χ1v) is 6.17. The van der Waals surface area contributed by atoms with Gasteiger partial charge in [0.2, 0.25) is 5.91 Å². The van der Waals surface area contributed by atoms with Gasteiger partial charge >= 0.3 is 0 Å². The summed E-state index contributed by atoms with van der Waals surface area (Å²) >= 11 is 0. The second kappa shape index (κ2) is 6.51. The molecule has 1 aliphatic heterocycles. The fraction of sp³-hybridized carbons (Fsp3) is 0.667. The Morgan fingerprint density at radius 2 is 2.61 bits per heavy atom. The van der Waals surface area contributed by atoms with Gasteiger partial charge in [0.1, 0.15) is 6.10 Å². The van der Waals surface area contributed by atoms with Crippen LogP contribution in [0.4, 0.5) is 0 Å². The van der Waals surface area contributed by atoms with Crippen molar-refractivity contribution in [2.75, 3.05) is 20.3 Å². The van der Waals surface area contributed by atoms with Crippen LogP contribution in [0.2, 0.25) is 0 Å². The van der Waals surface area contributed by atoms with Gasteiger partial charge < -0.3 is 14.8 Å². The normalized spacial score (nSPS) is 23.8. The van der Waals surface area contributed by atoms with Crippen LogP contribution in [0.25, 0.3) is 0 Å². The van der Waals surface area contributed by atoms with E-state index in [1.807, 2.05) is 0 Å². The van der Waals surface area contributed by atoms with E-state index in [0.29, 0.717) is 26.1 Å². The Morgan fingerprint density at radius 3 is 3.33 bits per heavy atom. The van der Waals surface area contributed by atoms with Gasteiger partial charge in [0, 0.05) is 26.3 Å². The molecule has 100 valence electrons. The number of nitrogens with zero attached hydrogens (tertiary/aromatic N) is 1. The van der Waals surface area contributed by atoms with Gasteiger partial charge in [-0.2, -0.15) is 5.10 Å². The Labute approximate surface area is 106 Å². The monoisotopic (exact) mass is 253 g/mol. The molecule has 0 bridgehead atoms. The third-order valence-electron chi connectivity index (χ3n) is 3.15. The molecule has 6 nitrogen and oxygen atoms in total. The number of hydrogen-bond donors (Lipinski definition) is 2. The number of ether oxygens (including phenoxy) is 2. The average Bonchev–Trinajstić information content (AvgIpc) is 2.90. The number of aromatic amines is 1. The van der Waals surface area contributed by atoms with Crippen molar-refractivity contribution in [1.29, 1.82) is 0 Å². The number of hydrogen-bond acceptors (Lipinski definition) is 4. The van der Waals surface area contributed by atoms with E-state index >= 15 is 0 Å². The maximum Gasteiger partial charge on any atom is 0.220 e. The lowest BCUT2D eigenvalue weighted by Crippen LogP contribution is -2.49. The van der Waals surface area contributed by atoms with Crippen molar-refractivity contribution < 1.29 is 14.3 Å². The van der Waals surface area contributed by atoms with Gasteiger partial charge in [0.25, 0.3) is 0 Å². The first-order valence-electron chi connectivity index (χ1n) is 6.17. The lowest BCUT2D eigenvalue weighted by atomic mass is 10.1. The fourth-order valence-electron chi connectivity index (χ4n) is 2.06. The van der Waals surface area contributed by atoms with E-state index in [-0.39, 0.29) is 18.1 Å². The molecule has 2 atom stereocenters. The van der Waals surface area contributed by atoms with E-state index in [9.17, 15) is 4.79 Å². The summed E-state index contributed by atoms with van der Waals surface area (Å²) in [5.41, 5.74) is 1.04. The zero-order valence-corrected chi connectivity index (χ0v) is 10.5. The van der Waals surface area contributed by atoms with Crippen LogP contribution < -0.4 is 5.32 Å². The molecule has 1 aromatic rings. The lowest BCUT2D eigenvalue weighted by molar-refractivity contribution is -0.125. The largest absolute Gasteiger partial charge is 0.379 e. The second-order valence-electron chi connectivity index (χ2n) is 4.42. The first kappa shape index (κ1) is 13.0. The van der Waals surface area contributed by atoms with E-state index in [1.165, 1.54) is 0 Å². The van der Waals surface area contributed by atoms with Crippen LogP contribution in [0.3, 0.4) is 0 Å². The lowest BCUT2D eigenvalue weighted by Gasteiger charge is -2.31. The molecule has 0 aromatic carbocycles. The molecule has 0 radical (unpaired) electrons. The summed E-state index contributed by atoms with van der Waals surface area (Å²) in [6.07, 6.45) is 5.46. The highest BCUT2D eigenvalue weighted by atomic mass is 16.5. The molecule has 18 heavy (non-hydrogen) atoms. The summed E-state index contributed by atoms with van der Waals surface area (Å²) in [5.74, 6) is 0.0464. The number of amides is 1. The topological polar surface area (TPSA) is 76.2 Å². The van der Waals surface area contributed by atoms with Crippen LogP contribution in [0.1, 0.15) is 18.4 Å². The third kappa shape index (κ3) is 3.54. The molecule has 1 saturated heterocycles. The molecule has 1 fully saturated rings. The molecule has 2 rings (SSSR count). The van der Waals surface area contributed by atoms with Crippen LogP contribution in [-0.2, 0) is 20.7 Å². The highest BCUT2D eigenvalue weighted by Gasteiger charge is 2.26. The molecule has 1 amide bonds. The van der Waals surface area contributed by atoms with Gasteiger partial charge in [-0.25, -0.2) is 0 Å². The quantitative estimate of drug-likeness (QED) is 0.789. The van der Waals surface area contributed by atoms with E-state index in [4.69, 9.17) is 9.47 Å². The molecule has 2 heterocycles. The summed E-state index contributed by atoms with van der Waals surface area (Å²) in [7, 11) is 1.64. The number of aryl methyl sites for hydroxylation is 1. The van der Waals surface area contributed by atoms with Crippen molar-refractivity contribution in [1.82, 2.24) is 15.5 Å². The molecule has 0 aliphatic carbocycles. The molecule has 1 aromatic heterocycles. The minimum atomic E-state index is -0.0448. The van der Waals surface area contributed by atoms with E-state index in [0.717, 1.165) is 12.0 Å². The molecule has 0 saturated carbocycles. The number of carbonyl (C=O) groups is 1. The van der Waals surface area contributed by atoms with E-state index in [1.54, 1.807) is 19.5 Å². The minimum Gasteiger partial charge on any atom is -0.379 e. The van der Waals surface area contributed by atoms with E-state index in [2.05, 4.69) is 15.5 Å². The van der Waals surface area contributed by atoms with Crippen molar-refractivity contribution in [3.05, 3.63) is 18.0 Å². The summed E-state index contributed by atoms with van der Waals surface area (Å²) in [5, 5.41) is 9.59. The molecule has 2 N–H and O–H groups in total. The van der Waals surface area contributed by atoms with E-state index < -0.39 is 0 Å². The Morgan fingerprint density at radius 1 is 1.72 bits per heavy atom. The minimum absolute atomic E-state index is 0.0448. The maximum atomic E-state index is 11.8. The van der Waals surface area contributed by atoms with Crippen LogP contribution in [0.15, 0.2) is 12.4 Å². The molecule has 1 aliphatic rings. The molecule has 0 unspecified atom stereocenters. The zero-order valence-electron chi connectivity index (χ0n) is 10.5. The second-order valence-corrected chi connectivity index (χ2v) is 4.42. The van der Waals surface area contributed by atoms with Gasteiger partial charge in [-0.15, -0.1) is 0 Å². The average molecular weight is 253 g/mol. The number of methoxy groups -OCH3 is 1. The van der Waals surface area contributed by atoms with Crippen molar-refractivity contribution >= 4 is 5.91 Å². The highest BCUT2D eigenvalue weighted by Crippen LogP contribution is 2.11. The van der Waals surface area contributed by atoms with Gasteiger partial charge in [0.15, 0.2) is 0 Å². The van der Waals surface area contributed by atoms with Crippen LogP contribution in [-0.4, -0.2) is 48.6 Å². The van der Waals surface area contributed by atoms with Crippen molar-refractivity contribution in [3.63, 3.8) is 0 Å². The van der Waals surface area contributed by atoms with Crippen molar-refractivity contribution in [2.24, 2.45) is 0 Å². The summed E-state index contributed by atoms with van der Waals surface area (Å²) in [4.78, 5) is 11.8. The van der Waals surface area contributed by atoms with Crippen molar-refractivity contribution in [2.45, 2.75) is 31.4 Å². The van der Waals surface area contributed by atoms with Gasteiger partial charge in [-0.05, 0) is 18.4 Å². The predicted octanol–water partition coefficient (Wildman–Crippen LogP) is 0.262. The van der Waals surface area contributed by atoms with Gasteiger partial charge in [0.05, 0.1) is 18.8 Å². The fourth-order valence-corrected chi connectivity index (χ4v) is 2.06. The summed E-state index contributed by atoms with van der Waals surface area (Å²) < 4.78 is 10.6. The summed E-state index contributed by atoms with van der Waals surface area (Å²) in [6, 6.07) is 0.0561. The van der Waals surface area contributed by atoms with Gasteiger partial charge in [-0.1, -0.05) is 0 Å². The van der Waals surface area contributed by atoms with Crippen LogP contribution in [0.5, 0.6) is 0 Å². The van der Waals surface area contributed by atoms with Crippen molar-refractivity contribution in [3.8, 4) is 0 Å². The Balaban J connectivity index is 1.75. The molecule has 0 spiro atoms. The summed E-state index contributed by atoms with van der Waals surface area (Å²) in [6.45, 7) is 1.22. The number of aromatic nitrogens is 2. The number of H-pyrrole nitrogens is 1. The predicted molar refractivity (Wildman–Crippen MR) is 65.1 cm³/mol. The van der Waals surface area contributed by atoms with Gasteiger partial charge in [-0.3, -0.25) is 9.89 Å². The van der Waals surface area contributed by atoms with Crippen LogP contribution >= 0.6 is 0 Å². The number of carbonyl (C=O) groups excluding carboxylic acids is 1. The first-order chi connectivity index (χ1) is 8.79. The zero-order chi connectivity index (χ0) is 12.8. The molecular weight excluding hydrogens is 234 g/mol. The molecular formula is C12H19N3O3. The maximum absolute atomic E-state index is 11.8. The smallest absolute Gasteiger partial charge is 0.220 e. The molecule has 6 heteroatoms. The highest BCUT2D eigenvalue weighted by molar-refractivity contribution is 5.76. The number of rotatable bonds is 5. The number of nitrogens with one attached hydrogen (secondary N) is 2. The Kier molecular flexibility index (Phi) is 4.72. The SMILES string of the molecule is CO[C@@H]1COCC[C@H]1NC(=O)CCc1cn[nH]c1. The Bertz CT molecular complexity index is 367. The third-order valence-corrected chi connectivity index (χ3v) is 3.15.